The number of hydrogen-bond donors (Lipinski definition) is 1. The zero-order valence-electron chi connectivity index (χ0n) is 11.7. The van der Waals surface area contributed by atoms with Crippen LogP contribution in [-0.4, -0.2) is 65.8 Å². The minimum absolute atomic E-state index is 0.0327. The fraction of sp³-hybridized carbons (Fsp3) is 0.857. The number of carboxylic acids is 1. The lowest BCUT2D eigenvalue weighted by Crippen LogP contribution is -2.51. The highest BCUT2D eigenvalue weighted by molar-refractivity contribution is 5.75. The summed E-state index contributed by atoms with van der Waals surface area (Å²) >= 11 is 0. The van der Waals surface area contributed by atoms with Crippen LogP contribution >= 0.6 is 0 Å². The Morgan fingerprint density at radius 3 is 2.45 bits per heavy atom. The van der Waals surface area contributed by atoms with E-state index in [0.29, 0.717) is 31.5 Å². The first-order valence-electron chi connectivity index (χ1n) is 7.50. The smallest absolute Gasteiger partial charge is 0.320 e. The molecular formula is C14H22N2O4. The fourth-order valence-electron chi connectivity index (χ4n) is 3.80. The highest BCUT2D eigenvalue weighted by atomic mass is 16.5. The lowest BCUT2D eigenvalue weighted by molar-refractivity contribution is -0.141. The molecule has 3 atom stereocenters. The van der Waals surface area contributed by atoms with Gasteiger partial charge >= 0.3 is 12.0 Å². The number of urea groups is 1. The van der Waals surface area contributed by atoms with E-state index in [4.69, 9.17) is 9.84 Å². The van der Waals surface area contributed by atoms with E-state index < -0.39 is 5.97 Å². The van der Waals surface area contributed by atoms with E-state index in [1.165, 1.54) is 19.3 Å². The first kappa shape index (κ1) is 13.7. The van der Waals surface area contributed by atoms with Crippen LogP contribution in [0.2, 0.25) is 0 Å². The quantitative estimate of drug-likeness (QED) is 0.820. The molecule has 0 aromatic carbocycles. The van der Waals surface area contributed by atoms with Gasteiger partial charge in [-0.2, -0.15) is 0 Å². The van der Waals surface area contributed by atoms with Crippen LogP contribution in [0.1, 0.15) is 25.7 Å². The zero-order chi connectivity index (χ0) is 14.1. The highest BCUT2D eigenvalue weighted by Crippen LogP contribution is 2.38. The Bertz CT molecular complexity index is 389. The monoisotopic (exact) mass is 282 g/mol. The summed E-state index contributed by atoms with van der Waals surface area (Å²) in [6, 6.07) is 0.0677. The summed E-state index contributed by atoms with van der Waals surface area (Å²) in [5.74, 6) is 0.504. The van der Waals surface area contributed by atoms with E-state index in [9.17, 15) is 9.59 Å². The molecule has 0 bridgehead atoms. The molecule has 20 heavy (non-hydrogen) atoms. The highest BCUT2D eigenvalue weighted by Gasteiger charge is 2.40. The standard InChI is InChI=1S/C14H22N2O4/c17-13(18)6-12-9-15(4-5-20-12)14(19)16-7-10-2-1-3-11(10)8-16/h10-12H,1-9H2,(H,17,18). The van der Waals surface area contributed by atoms with Crippen LogP contribution in [0.25, 0.3) is 0 Å². The summed E-state index contributed by atoms with van der Waals surface area (Å²) in [5, 5.41) is 8.82. The number of amides is 2. The number of rotatable bonds is 2. The molecule has 3 unspecified atom stereocenters. The maximum atomic E-state index is 12.5. The fourth-order valence-corrected chi connectivity index (χ4v) is 3.80. The summed E-state index contributed by atoms with van der Waals surface area (Å²) in [4.78, 5) is 27.0. The number of carboxylic acid groups (broad SMARTS) is 1. The van der Waals surface area contributed by atoms with Gasteiger partial charge in [0.2, 0.25) is 0 Å². The molecule has 0 aromatic heterocycles. The molecule has 3 rings (SSSR count). The van der Waals surface area contributed by atoms with Gasteiger partial charge in [-0.1, -0.05) is 6.42 Å². The SMILES string of the molecule is O=C(O)CC1CN(C(=O)N2CC3CCCC3C2)CCO1. The summed E-state index contributed by atoms with van der Waals surface area (Å²) in [7, 11) is 0. The van der Waals surface area contributed by atoms with Crippen molar-refractivity contribution in [1.29, 1.82) is 0 Å². The molecule has 1 N–H and O–H groups in total. The third-order valence-electron chi connectivity index (χ3n) is 4.81. The molecule has 112 valence electrons. The first-order valence-corrected chi connectivity index (χ1v) is 7.50. The van der Waals surface area contributed by atoms with Gasteiger partial charge < -0.3 is 19.6 Å². The van der Waals surface area contributed by atoms with Crippen molar-refractivity contribution >= 4 is 12.0 Å². The van der Waals surface area contributed by atoms with Crippen LogP contribution in [0, 0.1) is 11.8 Å². The van der Waals surface area contributed by atoms with Gasteiger partial charge in [-0.05, 0) is 24.7 Å². The maximum Gasteiger partial charge on any atom is 0.320 e. The minimum Gasteiger partial charge on any atom is -0.481 e. The van der Waals surface area contributed by atoms with E-state index >= 15 is 0 Å². The molecule has 2 amide bonds. The molecule has 1 saturated carbocycles. The van der Waals surface area contributed by atoms with Gasteiger partial charge in [0.1, 0.15) is 0 Å². The van der Waals surface area contributed by atoms with E-state index in [-0.39, 0.29) is 18.6 Å². The second kappa shape index (κ2) is 5.60. The second-order valence-electron chi connectivity index (χ2n) is 6.18. The first-order chi connectivity index (χ1) is 9.63. The average molecular weight is 282 g/mol. The summed E-state index contributed by atoms with van der Waals surface area (Å²) in [6.45, 7) is 3.16. The molecule has 2 aliphatic heterocycles. The Kier molecular flexibility index (Phi) is 3.83. The van der Waals surface area contributed by atoms with Crippen molar-refractivity contribution in [3.8, 4) is 0 Å². The Hall–Kier alpha value is -1.30. The van der Waals surface area contributed by atoms with Gasteiger partial charge in [-0.25, -0.2) is 4.79 Å². The predicted molar refractivity (Wildman–Crippen MR) is 71.4 cm³/mol. The molecule has 0 aromatic rings. The van der Waals surface area contributed by atoms with Crippen molar-refractivity contribution in [2.45, 2.75) is 31.8 Å². The van der Waals surface area contributed by atoms with E-state index in [1.807, 2.05) is 4.90 Å². The third-order valence-corrected chi connectivity index (χ3v) is 4.81. The summed E-state index contributed by atoms with van der Waals surface area (Å²) in [6.07, 6.45) is 3.40. The summed E-state index contributed by atoms with van der Waals surface area (Å²) in [5.41, 5.74) is 0. The van der Waals surface area contributed by atoms with Crippen LogP contribution in [-0.2, 0) is 9.53 Å². The minimum atomic E-state index is -0.875. The van der Waals surface area contributed by atoms with Crippen molar-refractivity contribution in [3.05, 3.63) is 0 Å². The van der Waals surface area contributed by atoms with Crippen LogP contribution in [0.15, 0.2) is 0 Å². The molecular weight excluding hydrogens is 260 g/mol. The number of carbonyl (C=O) groups is 2. The van der Waals surface area contributed by atoms with Crippen molar-refractivity contribution in [2.24, 2.45) is 11.8 Å². The Balaban J connectivity index is 1.55. The lowest BCUT2D eigenvalue weighted by atomic mass is 10.0. The molecule has 3 fully saturated rings. The van der Waals surface area contributed by atoms with Gasteiger partial charge in [0.15, 0.2) is 0 Å². The lowest BCUT2D eigenvalue weighted by Gasteiger charge is -2.35. The van der Waals surface area contributed by atoms with Crippen LogP contribution < -0.4 is 0 Å². The van der Waals surface area contributed by atoms with Crippen LogP contribution in [0.4, 0.5) is 4.79 Å². The van der Waals surface area contributed by atoms with Crippen LogP contribution in [0.3, 0.4) is 0 Å². The molecule has 2 saturated heterocycles. The van der Waals surface area contributed by atoms with Gasteiger partial charge in [-0.15, -0.1) is 0 Å². The third kappa shape index (κ3) is 2.75. The summed E-state index contributed by atoms with van der Waals surface area (Å²) < 4.78 is 5.41. The van der Waals surface area contributed by atoms with Crippen molar-refractivity contribution in [3.63, 3.8) is 0 Å². The Morgan fingerprint density at radius 1 is 1.10 bits per heavy atom. The largest absolute Gasteiger partial charge is 0.481 e. The number of aliphatic carboxylic acids is 1. The van der Waals surface area contributed by atoms with Crippen LogP contribution in [0.5, 0.6) is 0 Å². The number of fused-ring (bicyclic) bond motifs is 1. The topological polar surface area (TPSA) is 70.1 Å². The van der Waals surface area contributed by atoms with Gasteiger partial charge in [-0.3, -0.25) is 4.79 Å². The number of carbonyl (C=O) groups excluding carboxylic acids is 1. The zero-order valence-corrected chi connectivity index (χ0v) is 11.7. The second-order valence-corrected chi connectivity index (χ2v) is 6.18. The molecule has 0 radical (unpaired) electrons. The Labute approximate surface area is 118 Å². The van der Waals surface area contributed by atoms with Gasteiger partial charge in [0.25, 0.3) is 0 Å². The number of hydrogen-bond acceptors (Lipinski definition) is 3. The maximum absolute atomic E-state index is 12.5. The predicted octanol–water partition coefficient (Wildman–Crippen LogP) is 1.01. The number of likely N-dealkylation sites (tertiary alicyclic amines) is 1. The van der Waals surface area contributed by atoms with Gasteiger partial charge in [0.05, 0.1) is 19.1 Å². The Morgan fingerprint density at radius 2 is 1.80 bits per heavy atom. The molecule has 2 heterocycles. The molecule has 6 heteroatoms. The molecule has 6 nitrogen and oxygen atoms in total. The normalized spacial score (nSPS) is 33.3. The van der Waals surface area contributed by atoms with E-state index in [1.54, 1.807) is 4.90 Å². The average Bonchev–Trinajstić information content (AvgIpc) is 2.98. The van der Waals surface area contributed by atoms with Crippen molar-refractivity contribution in [1.82, 2.24) is 9.80 Å². The molecule has 1 aliphatic carbocycles. The number of morpholine rings is 1. The number of nitrogens with zero attached hydrogens (tertiary/aromatic N) is 2. The number of ether oxygens (including phenoxy) is 1. The van der Waals surface area contributed by atoms with Crippen molar-refractivity contribution in [2.75, 3.05) is 32.8 Å². The van der Waals surface area contributed by atoms with Gasteiger partial charge in [0, 0.05) is 26.2 Å². The molecule has 0 spiro atoms. The van der Waals surface area contributed by atoms with Crippen molar-refractivity contribution < 1.29 is 19.4 Å². The van der Waals surface area contributed by atoms with E-state index in [0.717, 1.165) is 13.1 Å². The molecule has 3 aliphatic rings. The van der Waals surface area contributed by atoms with E-state index in [2.05, 4.69) is 0 Å².